The Morgan fingerprint density at radius 2 is 1.92 bits per heavy atom. The standard InChI is InChI=1S/C10H17NO2/c12-10(13)8-4-3-7-11-6-2-1-5-9(8)11/h8-9H,1-7H2,(H,12,13)/t8?,9-/m1/s1. The number of rotatable bonds is 1. The molecule has 0 radical (unpaired) electrons. The van der Waals surface area contributed by atoms with Crippen molar-refractivity contribution in [2.45, 2.75) is 38.1 Å². The summed E-state index contributed by atoms with van der Waals surface area (Å²) < 4.78 is 0. The molecule has 0 bridgehead atoms. The molecule has 2 aliphatic rings. The van der Waals surface area contributed by atoms with Crippen molar-refractivity contribution in [3.05, 3.63) is 0 Å². The fraction of sp³-hybridized carbons (Fsp3) is 0.900. The van der Waals surface area contributed by atoms with Gasteiger partial charge in [0.2, 0.25) is 0 Å². The van der Waals surface area contributed by atoms with E-state index in [0.29, 0.717) is 6.04 Å². The van der Waals surface area contributed by atoms with Gasteiger partial charge in [0.1, 0.15) is 0 Å². The lowest BCUT2D eigenvalue weighted by Crippen LogP contribution is -2.50. The fourth-order valence-corrected chi connectivity index (χ4v) is 2.74. The summed E-state index contributed by atoms with van der Waals surface area (Å²) in [6.07, 6.45) is 5.51. The van der Waals surface area contributed by atoms with E-state index in [0.717, 1.165) is 32.4 Å². The molecule has 2 aliphatic heterocycles. The minimum absolute atomic E-state index is 0.0888. The third-order valence-electron chi connectivity index (χ3n) is 3.41. The van der Waals surface area contributed by atoms with Crippen LogP contribution in [-0.2, 0) is 4.79 Å². The van der Waals surface area contributed by atoms with Crippen molar-refractivity contribution in [3.63, 3.8) is 0 Å². The highest BCUT2D eigenvalue weighted by Crippen LogP contribution is 2.30. The molecule has 2 saturated heterocycles. The number of nitrogens with zero attached hydrogens (tertiary/aromatic N) is 1. The van der Waals surface area contributed by atoms with Gasteiger partial charge in [-0.15, -0.1) is 0 Å². The van der Waals surface area contributed by atoms with Crippen LogP contribution < -0.4 is 0 Å². The number of carbonyl (C=O) groups is 1. The second kappa shape index (κ2) is 3.66. The van der Waals surface area contributed by atoms with Crippen LogP contribution in [0.3, 0.4) is 0 Å². The second-order valence-electron chi connectivity index (χ2n) is 4.19. The summed E-state index contributed by atoms with van der Waals surface area (Å²) >= 11 is 0. The van der Waals surface area contributed by atoms with Crippen LogP contribution in [0.15, 0.2) is 0 Å². The minimum atomic E-state index is -0.586. The van der Waals surface area contributed by atoms with E-state index in [9.17, 15) is 4.79 Å². The van der Waals surface area contributed by atoms with Gasteiger partial charge in [-0.1, -0.05) is 6.42 Å². The zero-order valence-electron chi connectivity index (χ0n) is 7.91. The number of carboxylic acid groups (broad SMARTS) is 1. The van der Waals surface area contributed by atoms with Crippen molar-refractivity contribution in [3.8, 4) is 0 Å². The molecule has 3 nitrogen and oxygen atoms in total. The van der Waals surface area contributed by atoms with Crippen LogP contribution in [-0.4, -0.2) is 35.1 Å². The molecule has 13 heavy (non-hydrogen) atoms. The molecule has 1 unspecified atom stereocenters. The molecule has 0 spiro atoms. The number of fused-ring (bicyclic) bond motifs is 1. The Morgan fingerprint density at radius 1 is 1.15 bits per heavy atom. The number of hydrogen-bond acceptors (Lipinski definition) is 2. The first-order valence-electron chi connectivity index (χ1n) is 5.26. The third kappa shape index (κ3) is 1.70. The van der Waals surface area contributed by atoms with Crippen LogP contribution in [0, 0.1) is 5.92 Å². The molecule has 3 heteroatoms. The number of aliphatic carboxylic acids is 1. The molecule has 2 heterocycles. The third-order valence-corrected chi connectivity index (χ3v) is 3.41. The van der Waals surface area contributed by atoms with Gasteiger partial charge in [-0.2, -0.15) is 0 Å². The quantitative estimate of drug-likeness (QED) is 0.666. The summed E-state index contributed by atoms with van der Waals surface area (Å²) in [5, 5.41) is 9.05. The molecule has 1 N–H and O–H groups in total. The van der Waals surface area contributed by atoms with Gasteiger partial charge in [-0.05, 0) is 38.8 Å². The van der Waals surface area contributed by atoms with E-state index >= 15 is 0 Å². The molecule has 0 aliphatic carbocycles. The molecule has 2 atom stereocenters. The van der Waals surface area contributed by atoms with Gasteiger partial charge in [0.15, 0.2) is 0 Å². The highest BCUT2D eigenvalue weighted by Gasteiger charge is 2.36. The Hall–Kier alpha value is -0.570. The summed E-state index contributed by atoms with van der Waals surface area (Å²) in [7, 11) is 0. The van der Waals surface area contributed by atoms with Gasteiger partial charge in [-0.25, -0.2) is 0 Å². The van der Waals surface area contributed by atoms with Crippen LogP contribution >= 0.6 is 0 Å². The number of carboxylic acids is 1. The van der Waals surface area contributed by atoms with Gasteiger partial charge in [0.25, 0.3) is 0 Å². The van der Waals surface area contributed by atoms with Crippen molar-refractivity contribution < 1.29 is 9.90 Å². The van der Waals surface area contributed by atoms with Crippen LogP contribution in [0.2, 0.25) is 0 Å². The molecule has 0 aromatic carbocycles. The monoisotopic (exact) mass is 183 g/mol. The van der Waals surface area contributed by atoms with Gasteiger partial charge < -0.3 is 5.11 Å². The van der Waals surface area contributed by atoms with Gasteiger partial charge in [0, 0.05) is 6.04 Å². The molecule has 0 amide bonds. The van der Waals surface area contributed by atoms with Gasteiger partial charge in [-0.3, -0.25) is 9.69 Å². The van der Waals surface area contributed by atoms with Crippen molar-refractivity contribution in [2.24, 2.45) is 5.92 Å². The predicted octanol–water partition coefficient (Wildman–Crippen LogP) is 1.34. The van der Waals surface area contributed by atoms with Crippen LogP contribution in [0.25, 0.3) is 0 Å². The number of hydrogen-bond donors (Lipinski definition) is 1. The van der Waals surface area contributed by atoms with E-state index in [1.54, 1.807) is 0 Å². The van der Waals surface area contributed by atoms with Crippen molar-refractivity contribution in [1.82, 2.24) is 4.90 Å². The van der Waals surface area contributed by atoms with Crippen LogP contribution in [0.5, 0.6) is 0 Å². The van der Waals surface area contributed by atoms with Gasteiger partial charge in [0.05, 0.1) is 5.92 Å². The zero-order chi connectivity index (χ0) is 9.26. The largest absolute Gasteiger partial charge is 0.481 e. The van der Waals surface area contributed by atoms with Crippen LogP contribution in [0.1, 0.15) is 32.1 Å². The SMILES string of the molecule is O=C(O)C1CCCN2CCCC[C@H]12. The van der Waals surface area contributed by atoms with E-state index in [1.165, 1.54) is 12.8 Å². The first-order chi connectivity index (χ1) is 6.29. The summed E-state index contributed by atoms with van der Waals surface area (Å²) in [6, 6.07) is 0.347. The maximum absolute atomic E-state index is 11.0. The lowest BCUT2D eigenvalue weighted by Gasteiger charge is -2.42. The first-order valence-corrected chi connectivity index (χ1v) is 5.26. The van der Waals surface area contributed by atoms with Crippen LogP contribution in [0.4, 0.5) is 0 Å². The van der Waals surface area contributed by atoms with E-state index in [4.69, 9.17) is 5.11 Å². The summed E-state index contributed by atoms with van der Waals surface area (Å²) in [5.74, 6) is -0.675. The second-order valence-corrected chi connectivity index (χ2v) is 4.19. The van der Waals surface area contributed by atoms with Crippen molar-refractivity contribution in [1.29, 1.82) is 0 Å². The fourth-order valence-electron chi connectivity index (χ4n) is 2.74. The zero-order valence-corrected chi connectivity index (χ0v) is 7.91. The highest BCUT2D eigenvalue weighted by atomic mass is 16.4. The van der Waals surface area contributed by atoms with E-state index in [-0.39, 0.29) is 5.92 Å². The Kier molecular flexibility index (Phi) is 2.54. The van der Waals surface area contributed by atoms with E-state index < -0.39 is 5.97 Å². The Labute approximate surface area is 78.7 Å². The first kappa shape index (κ1) is 9.00. The molecule has 74 valence electrons. The Balaban J connectivity index is 2.06. The predicted molar refractivity (Wildman–Crippen MR) is 49.6 cm³/mol. The summed E-state index contributed by atoms with van der Waals surface area (Å²) in [4.78, 5) is 13.4. The Bertz CT molecular complexity index is 203. The van der Waals surface area contributed by atoms with E-state index in [2.05, 4.69) is 4.90 Å². The smallest absolute Gasteiger partial charge is 0.308 e. The number of piperidine rings is 2. The molecule has 0 saturated carbocycles. The lowest BCUT2D eigenvalue weighted by molar-refractivity contribution is -0.146. The maximum Gasteiger partial charge on any atom is 0.308 e. The molecule has 2 rings (SSSR count). The van der Waals surface area contributed by atoms with Crippen molar-refractivity contribution >= 4 is 5.97 Å². The lowest BCUT2D eigenvalue weighted by atomic mass is 9.84. The summed E-state index contributed by atoms with van der Waals surface area (Å²) in [6.45, 7) is 2.24. The minimum Gasteiger partial charge on any atom is -0.481 e. The molecule has 2 fully saturated rings. The summed E-state index contributed by atoms with van der Waals surface area (Å²) in [5.41, 5.74) is 0. The average molecular weight is 183 g/mol. The maximum atomic E-state index is 11.0. The molecular weight excluding hydrogens is 166 g/mol. The Morgan fingerprint density at radius 3 is 2.69 bits per heavy atom. The highest BCUT2D eigenvalue weighted by molar-refractivity contribution is 5.71. The average Bonchev–Trinajstić information content (AvgIpc) is 2.17. The molecule has 0 aromatic rings. The van der Waals surface area contributed by atoms with E-state index in [1.807, 2.05) is 0 Å². The molecule has 0 aromatic heterocycles. The topological polar surface area (TPSA) is 40.5 Å². The molecular formula is C10H17NO2. The van der Waals surface area contributed by atoms with Gasteiger partial charge >= 0.3 is 5.97 Å². The van der Waals surface area contributed by atoms with Crippen molar-refractivity contribution in [2.75, 3.05) is 13.1 Å². The normalized spacial score (nSPS) is 35.4.